The van der Waals surface area contributed by atoms with Crippen molar-refractivity contribution in [1.82, 2.24) is 16.2 Å². The molecule has 0 aromatic heterocycles. The minimum absolute atomic E-state index is 0.139. The lowest BCUT2D eigenvalue weighted by Gasteiger charge is -2.18. The van der Waals surface area contributed by atoms with E-state index < -0.39 is 36.3 Å². The number of hydrazine groups is 1. The second kappa shape index (κ2) is 12.9. The van der Waals surface area contributed by atoms with Gasteiger partial charge in [-0.3, -0.25) is 25.2 Å². The van der Waals surface area contributed by atoms with E-state index in [0.717, 1.165) is 0 Å². The van der Waals surface area contributed by atoms with Crippen LogP contribution in [-0.4, -0.2) is 48.3 Å². The molecule has 32 heavy (non-hydrogen) atoms. The van der Waals surface area contributed by atoms with Gasteiger partial charge in [-0.05, 0) is 48.8 Å². The number of thioether (sulfide) groups is 1. The van der Waals surface area contributed by atoms with E-state index in [9.17, 15) is 19.2 Å². The molecule has 3 amide bonds. The van der Waals surface area contributed by atoms with E-state index in [2.05, 4.69) is 16.2 Å². The van der Waals surface area contributed by atoms with Crippen LogP contribution >= 0.6 is 35.0 Å². The monoisotopic (exact) mass is 497 g/mol. The first kappa shape index (κ1) is 25.5. The molecule has 8 nitrogen and oxygen atoms in total. The van der Waals surface area contributed by atoms with E-state index in [1.165, 1.54) is 30.0 Å². The van der Waals surface area contributed by atoms with Crippen molar-refractivity contribution in [2.75, 3.05) is 18.6 Å². The van der Waals surface area contributed by atoms with Crippen LogP contribution in [0.3, 0.4) is 0 Å². The Labute approximate surface area is 199 Å². The maximum Gasteiger partial charge on any atom is 0.329 e. The Morgan fingerprint density at radius 2 is 1.72 bits per heavy atom. The van der Waals surface area contributed by atoms with Gasteiger partial charge < -0.3 is 10.1 Å². The van der Waals surface area contributed by atoms with Crippen LogP contribution in [0.4, 0.5) is 0 Å². The lowest BCUT2D eigenvalue weighted by Crippen LogP contribution is -2.46. The molecule has 0 saturated heterocycles. The van der Waals surface area contributed by atoms with Gasteiger partial charge in [0.05, 0.1) is 10.6 Å². The van der Waals surface area contributed by atoms with E-state index in [-0.39, 0.29) is 17.0 Å². The molecule has 3 N–H and O–H groups in total. The number of hydrogen-bond donors (Lipinski definition) is 3. The molecule has 2 aromatic rings. The second-order valence-electron chi connectivity index (χ2n) is 6.41. The number of amides is 3. The fraction of sp³-hybridized carbons (Fsp3) is 0.238. The summed E-state index contributed by atoms with van der Waals surface area (Å²) in [6.45, 7) is -0.638. The highest BCUT2D eigenvalue weighted by Crippen LogP contribution is 2.21. The van der Waals surface area contributed by atoms with Crippen LogP contribution in [0.25, 0.3) is 0 Å². The molecule has 0 aliphatic rings. The molecule has 1 atom stereocenters. The van der Waals surface area contributed by atoms with Crippen LogP contribution in [0.1, 0.15) is 27.1 Å². The Bertz CT molecular complexity index is 975. The average Bonchev–Trinajstić information content (AvgIpc) is 2.78. The van der Waals surface area contributed by atoms with Crippen molar-refractivity contribution in [3.63, 3.8) is 0 Å². The number of hydrogen-bond acceptors (Lipinski definition) is 6. The maximum atomic E-state index is 12.5. The highest BCUT2D eigenvalue weighted by Gasteiger charge is 2.24. The Kier molecular flexibility index (Phi) is 10.3. The molecule has 170 valence electrons. The van der Waals surface area contributed by atoms with Crippen molar-refractivity contribution >= 4 is 58.7 Å². The van der Waals surface area contributed by atoms with Crippen molar-refractivity contribution in [2.45, 2.75) is 12.5 Å². The molecule has 2 aromatic carbocycles. The Balaban J connectivity index is 1.89. The van der Waals surface area contributed by atoms with Crippen molar-refractivity contribution in [2.24, 2.45) is 0 Å². The fourth-order valence-corrected chi connectivity index (χ4v) is 3.42. The molecule has 0 aliphatic heterocycles. The molecule has 2 rings (SSSR count). The first-order chi connectivity index (χ1) is 15.3. The van der Waals surface area contributed by atoms with E-state index >= 15 is 0 Å². The SMILES string of the molecule is CSCCC(NC(=O)c1ccc(Cl)cc1Cl)C(=O)OCC(=O)NNC(=O)c1ccccc1. The summed E-state index contributed by atoms with van der Waals surface area (Å²) >= 11 is 13.4. The molecule has 1 unspecified atom stereocenters. The van der Waals surface area contributed by atoms with Crippen molar-refractivity contribution in [3.05, 3.63) is 69.7 Å². The van der Waals surface area contributed by atoms with Crippen LogP contribution in [-0.2, 0) is 14.3 Å². The predicted octanol–water partition coefficient (Wildman–Crippen LogP) is 2.85. The van der Waals surface area contributed by atoms with Crippen LogP contribution in [0.2, 0.25) is 10.0 Å². The first-order valence-electron chi connectivity index (χ1n) is 9.37. The zero-order valence-electron chi connectivity index (χ0n) is 17.0. The van der Waals surface area contributed by atoms with E-state index in [1.807, 2.05) is 6.26 Å². The molecule has 0 heterocycles. The van der Waals surface area contributed by atoms with Crippen LogP contribution in [0.15, 0.2) is 48.5 Å². The number of rotatable bonds is 9. The summed E-state index contributed by atoms with van der Waals surface area (Å²) in [5, 5.41) is 3.08. The van der Waals surface area contributed by atoms with Gasteiger partial charge in [0.2, 0.25) is 0 Å². The minimum Gasteiger partial charge on any atom is -0.454 e. The van der Waals surface area contributed by atoms with Gasteiger partial charge in [-0.2, -0.15) is 11.8 Å². The lowest BCUT2D eigenvalue weighted by atomic mass is 10.1. The summed E-state index contributed by atoms with van der Waals surface area (Å²) in [6, 6.07) is 11.6. The van der Waals surface area contributed by atoms with E-state index in [4.69, 9.17) is 27.9 Å². The van der Waals surface area contributed by atoms with Crippen molar-refractivity contribution < 1.29 is 23.9 Å². The number of nitrogens with one attached hydrogen (secondary N) is 3. The number of carbonyl (C=O) groups is 4. The minimum atomic E-state index is -0.992. The van der Waals surface area contributed by atoms with Gasteiger partial charge in [0.15, 0.2) is 6.61 Å². The van der Waals surface area contributed by atoms with Crippen molar-refractivity contribution in [3.8, 4) is 0 Å². The summed E-state index contributed by atoms with van der Waals surface area (Å²) in [5.41, 5.74) is 4.89. The fourth-order valence-electron chi connectivity index (χ4n) is 2.46. The predicted molar refractivity (Wildman–Crippen MR) is 124 cm³/mol. The number of ether oxygens (including phenoxy) is 1. The van der Waals surface area contributed by atoms with E-state index in [0.29, 0.717) is 16.3 Å². The normalized spacial score (nSPS) is 11.2. The molecule has 0 bridgehead atoms. The molecular weight excluding hydrogens is 477 g/mol. The summed E-state index contributed by atoms with van der Waals surface area (Å²) in [7, 11) is 0. The largest absolute Gasteiger partial charge is 0.454 e. The molecule has 0 fully saturated rings. The van der Waals surface area contributed by atoms with Crippen molar-refractivity contribution in [1.29, 1.82) is 0 Å². The topological polar surface area (TPSA) is 114 Å². The summed E-state index contributed by atoms with van der Waals surface area (Å²) in [4.78, 5) is 48.8. The van der Waals surface area contributed by atoms with Gasteiger partial charge in [-0.1, -0.05) is 41.4 Å². The Hall–Kier alpha value is -2.75. The maximum absolute atomic E-state index is 12.5. The van der Waals surface area contributed by atoms with Gasteiger partial charge in [0.25, 0.3) is 17.7 Å². The van der Waals surface area contributed by atoms with E-state index in [1.54, 1.807) is 30.3 Å². The third-order valence-corrected chi connectivity index (χ3v) is 5.26. The quantitative estimate of drug-likeness (QED) is 0.362. The number of esters is 1. The molecular formula is C21H21Cl2N3O5S. The highest BCUT2D eigenvalue weighted by atomic mass is 35.5. The van der Waals surface area contributed by atoms with Gasteiger partial charge >= 0.3 is 5.97 Å². The molecule has 0 aliphatic carbocycles. The summed E-state index contributed by atoms with van der Waals surface area (Å²) in [5.74, 6) is -2.06. The standard InChI is InChI=1S/C21H21Cl2N3O5S/c1-32-10-9-17(24-20(29)15-8-7-14(22)11-16(15)23)21(30)31-12-18(27)25-26-19(28)13-5-3-2-4-6-13/h2-8,11,17H,9-10,12H2,1H3,(H,24,29)(H,25,27)(H,26,28). The second-order valence-corrected chi connectivity index (χ2v) is 8.24. The average molecular weight is 498 g/mol. The van der Waals surface area contributed by atoms with Crippen LogP contribution in [0.5, 0.6) is 0 Å². The Morgan fingerprint density at radius 3 is 2.38 bits per heavy atom. The highest BCUT2D eigenvalue weighted by molar-refractivity contribution is 7.98. The zero-order valence-corrected chi connectivity index (χ0v) is 19.4. The summed E-state index contributed by atoms with van der Waals surface area (Å²) < 4.78 is 5.01. The number of carbonyl (C=O) groups excluding carboxylic acids is 4. The van der Waals surface area contributed by atoms with Gasteiger partial charge in [-0.15, -0.1) is 0 Å². The summed E-state index contributed by atoms with van der Waals surface area (Å²) in [6.07, 6.45) is 2.13. The lowest BCUT2D eigenvalue weighted by molar-refractivity contribution is -0.150. The third kappa shape index (κ3) is 8.07. The van der Waals surface area contributed by atoms with Gasteiger partial charge in [0, 0.05) is 10.6 Å². The smallest absolute Gasteiger partial charge is 0.329 e. The number of halogens is 2. The van der Waals surface area contributed by atoms with Crippen LogP contribution < -0.4 is 16.2 Å². The molecule has 11 heteroatoms. The molecule has 0 radical (unpaired) electrons. The van der Waals surface area contributed by atoms with Gasteiger partial charge in [-0.25, -0.2) is 4.79 Å². The molecule has 0 spiro atoms. The van der Waals surface area contributed by atoms with Crippen LogP contribution in [0, 0.1) is 0 Å². The molecule has 0 saturated carbocycles. The number of benzene rings is 2. The van der Waals surface area contributed by atoms with Gasteiger partial charge in [0.1, 0.15) is 6.04 Å². The zero-order chi connectivity index (χ0) is 23.5. The third-order valence-electron chi connectivity index (χ3n) is 4.07. The first-order valence-corrected chi connectivity index (χ1v) is 11.5. The Morgan fingerprint density at radius 1 is 1.00 bits per heavy atom.